The molecule has 1 aliphatic rings. The first-order valence-electron chi connectivity index (χ1n) is 4.77. The van der Waals surface area contributed by atoms with Crippen molar-refractivity contribution in [2.24, 2.45) is 0 Å². The van der Waals surface area contributed by atoms with E-state index in [0.29, 0.717) is 5.92 Å². The molecule has 1 atom stereocenters. The van der Waals surface area contributed by atoms with Gasteiger partial charge in [-0.2, -0.15) is 0 Å². The number of rotatable bonds is 1. The normalized spacial score (nSPS) is 26.5. The lowest BCUT2D eigenvalue weighted by Gasteiger charge is -2.13. The first-order chi connectivity index (χ1) is 6.07. The molecule has 1 N–H and O–H groups in total. The van der Waals surface area contributed by atoms with E-state index >= 15 is 0 Å². The van der Waals surface area contributed by atoms with Crippen LogP contribution in [0.15, 0.2) is 10.8 Å². The topological polar surface area (TPSA) is 28.7 Å². The van der Waals surface area contributed by atoms with Crippen LogP contribution in [0.25, 0.3) is 0 Å². The highest BCUT2D eigenvalue weighted by Crippen LogP contribution is 2.40. The molecule has 1 saturated heterocycles. The lowest BCUT2D eigenvalue weighted by molar-refractivity contribution is 0.719. The first-order valence-corrected chi connectivity index (χ1v) is 8.98. The van der Waals surface area contributed by atoms with E-state index in [1.807, 2.05) is 6.20 Å². The van der Waals surface area contributed by atoms with Crippen molar-refractivity contribution >= 4 is 24.0 Å². The van der Waals surface area contributed by atoms with Gasteiger partial charge in [0.05, 0.1) is 6.20 Å². The minimum absolute atomic E-state index is 0.702. The lowest BCUT2D eigenvalue weighted by Crippen LogP contribution is -2.19. The van der Waals surface area contributed by atoms with Crippen LogP contribution in [-0.2, 0) is 0 Å². The SMILES string of the molecule is C[Si]1(C)CCC(c2ncc(Br)[nH]2)C1. The van der Waals surface area contributed by atoms with Gasteiger partial charge in [-0.25, -0.2) is 4.98 Å². The molecule has 1 fully saturated rings. The van der Waals surface area contributed by atoms with Gasteiger partial charge in [0.1, 0.15) is 10.4 Å². The maximum atomic E-state index is 4.38. The van der Waals surface area contributed by atoms with Gasteiger partial charge in [-0.3, -0.25) is 0 Å². The second-order valence-electron chi connectivity index (χ2n) is 4.72. The summed E-state index contributed by atoms with van der Waals surface area (Å²) < 4.78 is 1.01. The number of nitrogens with zero attached hydrogens (tertiary/aromatic N) is 1. The second kappa shape index (κ2) is 3.24. The van der Waals surface area contributed by atoms with E-state index < -0.39 is 8.07 Å². The summed E-state index contributed by atoms with van der Waals surface area (Å²) in [5.41, 5.74) is 0. The van der Waals surface area contributed by atoms with Crippen LogP contribution < -0.4 is 0 Å². The van der Waals surface area contributed by atoms with Crippen LogP contribution in [0.1, 0.15) is 18.2 Å². The molecule has 0 aliphatic carbocycles. The van der Waals surface area contributed by atoms with Crippen LogP contribution in [0.4, 0.5) is 0 Å². The molecular formula is C9H15BrN2Si. The Kier molecular flexibility index (Phi) is 2.36. The molecular weight excluding hydrogens is 244 g/mol. The quantitative estimate of drug-likeness (QED) is 0.770. The molecule has 0 spiro atoms. The van der Waals surface area contributed by atoms with Crippen molar-refractivity contribution in [2.75, 3.05) is 0 Å². The molecule has 0 radical (unpaired) electrons. The monoisotopic (exact) mass is 258 g/mol. The largest absolute Gasteiger partial charge is 0.337 e. The van der Waals surface area contributed by atoms with Crippen molar-refractivity contribution in [3.05, 3.63) is 16.6 Å². The molecule has 0 saturated carbocycles. The molecule has 1 unspecified atom stereocenters. The summed E-state index contributed by atoms with van der Waals surface area (Å²) in [6.07, 6.45) is 3.20. The van der Waals surface area contributed by atoms with Gasteiger partial charge in [0.2, 0.25) is 0 Å². The number of hydrogen-bond acceptors (Lipinski definition) is 1. The molecule has 1 aromatic heterocycles. The Hall–Kier alpha value is -0.0931. The van der Waals surface area contributed by atoms with Crippen LogP contribution in [0.3, 0.4) is 0 Å². The third kappa shape index (κ3) is 2.04. The lowest BCUT2D eigenvalue weighted by atomic mass is 10.1. The minimum atomic E-state index is -0.852. The molecule has 1 aliphatic heterocycles. The number of halogens is 1. The number of imidazole rings is 1. The fraction of sp³-hybridized carbons (Fsp3) is 0.667. The molecule has 2 heterocycles. The number of nitrogens with one attached hydrogen (secondary N) is 1. The van der Waals surface area contributed by atoms with Crippen LogP contribution in [0.2, 0.25) is 25.2 Å². The van der Waals surface area contributed by atoms with Gasteiger partial charge in [-0.1, -0.05) is 19.1 Å². The highest BCUT2D eigenvalue weighted by molar-refractivity contribution is 9.10. The van der Waals surface area contributed by atoms with E-state index in [1.165, 1.54) is 24.3 Å². The van der Waals surface area contributed by atoms with Crippen LogP contribution in [0.5, 0.6) is 0 Å². The number of aromatic nitrogens is 2. The van der Waals surface area contributed by atoms with Gasteiger partial charge in [-0.05, 0) is 28.4 Å². The zero-order valence-corrected chi connectivity index (χ0v) is 10.7. The van der Waals surface area contributed by atoms with Crippen molar-refractivity contribution in [3.63, 3.8) is 0 Å². The highest BCUT2D eigenvalue weighted by atomic mass is 79.9. The third-order valence-corrected chi connectivity index (χ3v) is 6.56. The molecule has 0 amide bonds. The molecule has 13 heavy (non-hydrogen) atoms. The Morgan fingerprint density at radius 2 is 2.38 bits per heavy atom. The zero-order valence-electron chi connectivity index (χ0n) is 8.10. The fourth-order valence-corrected chi connectivity index (χ4v) is 5.56. The van der Waals surface area contributed by atoms with Gasteiger partial charge >= 0.3 is 0 Å². The third-order valence-electron chi connectivity index (χ3n) is 2.92. The maximum Gasteiger partial charge on any atom is 0.109 e. The van der Waals surface area contributed by atoms with E-state index in [0.717, 1.165) is 4.60 Å². The average Bonchev–Trinajstić information content (AvgIpc) is 2.56. The number of aromatic amines is 1. The molecule has 2 rings (SSSR count). The van der Waals surface area contributed by atoms with Gasteiger partial charge in [0.15, 0.2) is 0 Å². The summed E-state index contributed by atoms with van der Waals surface area (Å²) in [7, 11) is -0.852. The molecule has 0 aromatic carbocycles. The van der Waals surface area contributed by atoms with Crippen molar-refractivity contribution in [2.45, 2.75) is 37.5 Å². The van der Waals surface area contributed by atoms with Crippen molar-refractivity contribution in [1.82, 2.24) is 9.97 Å². The van der Waals surface area contributed by atoms with E-state index in [-0.39, 0.29) is 0 Å². The Morgan fingerprint density at radius 1 is 1.62 bits per heavy atom. The standard InChI is InChI=1S/C9H15BrN2Si/c1-13(2)4-3-7(6-13)9-11-5-8(10)12-9/h5,7H,3-4,6H2,1-2H3,(H,11,12). The Morgan fingerprint density at radius 3 is 2.85 bits per heavy atom. The maximum absolute atomic E-state index is 4.38. The van der Waals surface area contributed by atoms with E-state index in [2.05, 4.69) is 39.0 Å². The Bertz CT molecular complexity index is 308. The van der Waals surface area contributed by atoms with E-state index in [9.17, 15) is 0 Å². The van der Waals surface area contributed by atoms with Crippen molar-refractivity contribution in [1.29, 1.82) is 0 Å². The summed E-state index contributed by atoms with van der Waals surface area (Å²) >= 11 is 3.40. The van der Waals surface area contributed by atoms with Gasteiger partial charge in [0.25, 0.3) is 0 Å². The zero-order chi connectivity index (χ0) is 9.47. The Balaban J connectivity index is 2.12. The molecule has 0 bridgehead atoms. The average molecular weight is 259 g/mol. The predicted octanol–water partition coefficient (Wildman–Crippen LogP) is 3.37. The van der Waals surface area contributed by atoms with Crippen LogP contribution in [-0.4, -0.2) is 18.0 Å². The summed E-state index contributed by atoms with van der Waals surface area (Å²) in [6.45, 7) is 4.95. The minimum Gasteiger partial charge on any atom is -0.337 e. The van der Waals surface area contributed by atoms with Crippen LogP contribution in [0, 0.1) is 0 Å². The van der Waals surface area contributed by atoms with E-state index in [4.69, 9.17) is 0 Å². The second-order valence-corrected chi connectivity index (χ2v) is 10.8. The predicted molar refractivity (Wildman–Crippen MR) is 60.7 cm³/mol. The van der Waals surface area contributed by atoms with Gasteiger partial charge < -0.3 is 4.98 Å². The van der Waals surface area contributed by atoms with Crippen molar-refractivity contribution < 1.29 is 0 Å². The summed E-state index contributed by atoms with van der Waals surface area (Å²) in [4.78, 5) is 7.67. The van der Waals surface area contributed by atoms with Crippen LogP contribution >= 0.6 is 15.9 Å². The van der Waals surface area contributed by atoms with Crippen molar-refractivity contribution in [3.8, 4) is 0 Å². The van der Waals surface area contributed by atoms with E-state index in [1.54, 1.807) is 0 Å². The summed E-state index contributed by atoms with van der Waals surface area (Å²) in [5, 5.41) is 0. The number of H-pyrrole nitrogens is 1. The Labute approximate surface area is 88.3 Å². The number of hydrogen-bond donors (Lipinski definition) is 1. The fourth-order valence-electron chi connectivity index (χ4n) is 2.19. The molecule has 72 valence electrons. The molecule has 2 nitrogen and oxygen atoms in total. The van der Waals surface area contributed by atoms with Gasteiger partial charge in [0, 0.05) is 14.0 Å². The smallest absolute Gasteiger partial charge is 0.109 e. The highest BCUT2D eigenvalue weighted by Gasteiger charge is 2.34. The first kappa shape index (κ1) is 9.46. The summed E-state index contributed by atoms with van der Waals surface area (Å²) in [5.74, 6) is 1.89. The summed E-state index contributed by atoms with van der Waals surface area (Å²) in [6, 6.07) is 2.85. The molecule has 4 heteroatoms. The molecule has 1 aromatic rings. The van der Waals surface area contributed by atoms with Gasteiger partial charge in [-0.15, -0.1) is 0 Å².